The smallest absolute Gasteiger partial charge is 0.319 e. The predicted octanol–water partition coefficient (Wildman–Crippen LogP) is 5.54. The number of carbonyl (C=O) groups excluding carboxylic acids is 2. The molecule has 0 fully saturated rings. The van der Waals surface area contributed by atoms with E-state index in [9.17, 15) is 9.59 Å². The summed E-state index contributed by atoms with van der Waals surface area (Å²) in [6.07, 6.45) is 0.316. The third kappa shape index (κ3) is 6.40. The molecule has 0 bridgehead atoms. The quantitative estimate of drug-likeness (QED) is 0.316. The average molecular weight is 492 g/mol. The zero-order valence-corrected chi connectivity index (χ0v) is 19.9. The van der Waals surface area contributed by atoms with Crippen LogP contribution in [-0.2, 0) is 11.2 Å². The van der Waals surface area contributed by atoms with Crippen molar-refractivity contribution in [2.24, 2.45) is 0 Å². The third-order valence-electron chi connectivity index (χ3n) is 4.93. The van der Waals surface area contributed by atoms with E-state index in [0.29, 0.717) is 27.3 Å². The zero-order valence-electron chi connectivity index (χ0n) is 18.3. The lowest BCUT2D eigenvalue weighted by atomic mass is 10.1. The summed E-state index contributed by atoms with van der Waals surface area (Å²) in [5.74, 6) is -0.387. The largest absolute Gasteiger partial charge is 0.326 e. The molecule has 0 aliphatic rings. The second kappa shape index (κ2) is 10.9. The van der Waals surface area contributed by atoms with Gasteiger partial charge < -0.3 is 10.6 Å². The molecule has 1 aromatic heterocycles. The molecule has 1 unspecified atom stereocenters. The minimum Gasteiger partial charge on any atom is -0.326 e. The van der Waals surface area contributed by atoms with E-state index in [2.05, 4.69) is 26.1 Å². The van der Waals surface area contributed by atoms with Crippen molar-refractivity contribution < 1.29 is 9.59 Å². The fourth-order valence-electron chi connectivity index (χ4n) is 3.28. The molecule has 0 saturated carbocycles. The predicted molar refractivity (Wildman–Crippen MR) is 136 cm³/mol. The van der Waals surface area contributed by atoms with Crippen LogP contribution >= 0.6 is 22.9 Å². The SMILES string of the molecule is Cc1cccc(NC(=O)NC(Cc2ccccc2)C(=O)Nc2nnc(-c3ccc(Cl)cc3)s2)c1. The average Bonchev–Trinajstić information content (AvgIpc) is 3.28. The number of rotatable bonds is 7. The van der Waals surface area contributed by atoms with Crippen molar-refractivity contribution in [2.45, 2.75) is 19.4 Å². The van der Waals surface area contributed by atoms with Crippen LogP contribution in [0.4, 0.5) is 15.6 Å². The molecule has 4 rings (SSSR count). The van der Waals surface area contributed by atoms with E-state index in [1.54, 1.807) is 18.2 Å². The van der Waals surface area contributed by atoms with Crippen molar-refractivity contribution in [3.63, 3.8) is 0 Å². The molecule has 3 aromatic carbocycles. The number of aromatic nitrogens is 2. The number of benzene rings is 3. The number of anilines is 2. The highest BCUT2D eigenvalue weighted by molar-refractivity contribution is 7.18. The van der Waals surface area contributed by atoms with Crippen LogP contribution in [0, 0.1) is 6.92 Å². The number of carbonyl (C=O) groups is 2. The van der Waals surface area contributed by atoms with Crippen LogP contribution in [0.1, 0.15) is 11.1 Å². The van der Waals surface area contributed by atoms with Gasteiger partial charge in [0.05, 0.1) is 0 Å². The van der Waals surface area contributed by atoms with Gasteiger partial charge in [0.25, 0.3) is 0 Å². The van der Waals surface area contributed by atoms with Crippen LogP contribution in [-0.4, -0.2) is 28.2 Å². The number of amides is 3. The van der Waals surface area contributed by atoms with Gasteiger partial charge in [0.15, 0.2) is 0 Å². The third-order valence-corrected chi connectivity index (χ3v) is 6.07. The Hall–Kier alpha value is -3.75. The fourth-order valence-corrected chi connectivity index (χ4v) is 4.16. The van der Waals surface area contributed by atoms with Gasteiger partial charge in [-0.2, -0.15) is 0 Å². The van der Waals surface area contributed by atoms with Gasteiger partial charge in [-0.25, -0.2) is 4.79 Å². The summed E-state index contributed by atoms with van der Waals surface area (Å²) in [7, 11) is 0. The lowest BCUT2D eigenvalue weighted by Gasteiger charge is -2.18. The van der Waals surface area contributed by atoms with Gasteiger partial charge in [-0.05, 0) is 42.3 Å². The topological polar surface area (TPSA) is 96.0 Å². The number of nitrogens with one attached hydrogen (secondary N) is 3. The van der Waals surface area contributed by atoms with Gasteiger partial charge in [-0.1, -0.05) is 77.5 Å². The second-order valence-electron chi connectivity index (χ2n) is 7.62. The number of hydrogen-bond acceptors (Lipinski definition) is 5. The summed E-state index contributed by atoms with van der Waals surface area (Å²) in [6, 6.07) is 22.8. The molecule has 3 N–H and O–H groups in total. The molecule has 34 heavy (non-hydrogen) atoms. The van der Waals surface area contributed by atoms with Crippen molar-refractivity contribution in [2.75, 3.05) is 10.6 Å². The molecular formula is C25H22ClN5O2S. The maximum atomic E-state index is 13.1. The Labute approximate surface area is 206 Å². The van der Waals surface area contributed by atoms with E-state index in [1.807, 2.05) is 67.6 Å². The fraction of sp³-hybridized carbons (Fsp3) is 0.120. The number of urea groups is 1. The molecular weight excluding hydrogens is 470 g/mol. The summed E-state index contributed by atoms with van der Waals surface area (Å²) in [6.45, 7) is 1.94. The molecule has 1 heterocycles. The number of halogens is 1. The highest BCUT2D eigenvalue weighted by atomic mass is 35.5. The van der Waals surface area contributed by atoms with Crippen LogP contribution in [0.2, 0.25) is 5.02 Å². The van der Waals surface area contributed by atoms with Gasteiger partial charge in [0.2, 0.25) is 11.0 Å². The first-order valence-corrected chi connectivity index (χ1v) is 11.7. The molecule has 3 amide bonds. The van der Waals surface area contributed by atoms with Crippen LogP contribution in [0.15, 0.2) is 78.9 Å². The van der Waals surface area contributed by atoms with E-state index in [1.165, 1.54) is 11.3 Å². The first kappa shape index (κ1) is 23.4. The van der Waals surface area contributed by atoms with Gasteiger partial charge in [0.1, 0.15) is 11.0 Å². The number of aryl methyl sites for hydroxylation is 1. The molecule has 0 spiro atoms. The van der Waals surface area contributed by atoms with Crippen molar-refractivity contribution in [1.82, 2.24) is 15.5 Å². The number of nitrogens with zero attached hydrogens (tertiary/aromatic N) is 2. The minimum absolute atomic E-state index is 0.316. The van der Waals surface area contributed by atoms with Gasteiger partial charge >= 0.3 is 6.03 Å². The van der Waals surface area contributed by atoms with Gasteiger partial charge in [0, 0.05) is 22.7 Å². The van der Waals surface area contributed by atoms with E-state index >= 15 is 0 Å². The Morgan fingerprint density at radius 3 is 2.44 bits per heavy atom. The molecule has 0 saturated heterocycles. The summed E-state index contributed by atoms with van der Waals surface area (Å²) < 4.78 is 0. The highest BCUT2D eigenvalue weighted by Crippen LogP contribution is 2.27. The monoisotopic (exact) mass is 491 g/mol. The summed E-state index contributed by atoms with van der Waals surface area (Å²) in [4.78, 5) is 25.8. The van der Waals surface area contributed by atoms with Crippen molar-refractivity contribution >= 4 is 45.7 Å². The van der Waals surface area contributed by atoms with E-state index in [0.717, 1.165) is 16.7 Å². The zero-order chi connectivity index (χ0) is 23.9. The molecule has 0 aliphatic carbocycles. The van der Waals surface area contributed by atoms with Crippen LogP contribution < -0.4 is 16.0 Å². The summed E-state index contributed by atoms with van der Waals surface area (Å²) in [5.41, 5.74) is 3.42. The Bertz CT molecular complexity index is 1280. The lowest BCUT2D eigenvalue weighted by molar-refractivity contribution is -0.117. The molecule has 9 heteroatoms. The first-order chi connectivity index (χ1) is 16.5. The maximum absolute atomic E-state index is 13.1. The Morgan fingerprint density at radius 1 is 0.941 bits per heavy atom. The Balaban J connectivity index is 1.47. The highest BCUT2D eigenvalue weighted by Gasteiger charge is 2.23. The molecule has 172 valence electrons. The van der Waals surface area contributed by atoms with Crippen LogP contribution in [0.5, 0.6) is 0 Å². The van der Waals surface area contributed by atoms with Crippen molar-refractivity contribution in [3.8, 4) is 10.6 Å². The Kier molecular flexibility index (Phi) is 7.51. The van der Waals surface area contributed by atoms with Crippen LogP contribution in [0.25, 0.3) is 10.6 Å². The van der Waals surface area contributed by atoms with E-state index in [4.69, 9.17) is 11.6 Å². The lowest BCUT2D eigenvalue weighted by Crippen LogP contribution is -2.46. The maximum Gasteiger partial charge on any atom is 0.319 e. The molecule has 1 atom stereocenters. The Morgan fingerprint density at radius 2 is 1.71 bits per heavy atom. The molecule has 4 aromatic rings. The molecule has 0 radical (unpaired) electrons. The standard InChI is InChI=1S/C25H22ClN5O2S/c1-16-6-5-9-20(14-16)27-24(33)28-21(15-17-7-3-2-4-8-17)22(32)29-25-31-30-23(34-25)18-10-12-19(26)13-11-18/h2-14,21H,15H2,1H3,(H2,27,28,33)(H,29,31,32). The normalized spacial score (nSPS) is 11.5. The minimum atomic E-state index is -0.824. The molecule has 0 aliphatic heterocycles. The molecule has 7 nitrogen and oxygen atoms in total. The van der Waals surface area contributed by atoms with E-state index < -0.39 is 12.1 Å². The second-order valence-corrected chi connectivity index (χ2v) is 9.03. The first-order valence-electron chi connectivity index (χ1n) is 10.5. The number of hydrogen-bond donors (Lipinski definition) is 3. The van der Waals surface area contributed by atoms with Crippen molar-refractivity contribution in [1.29, 1.82) is 0 Å². The van der Waals surface area contributed by atoms with Crippen LogP contribution in [0.3, 0.4) is 0 Å². The van der Waals surface area contributed by atoms with Gasteiger partial charge in [-0.3, -0.25) is 10.1 Å². The summed E-state index contributed by atoms with van der Waals surface area (Å²) in [5, 5.41) is 18.2. The van der Waals surface area contributed by atoms with Crippen molar-refractivity contribution in [3.05, 3.63) is 95.0 Å². The van der Waals surface area contributed by atoms with Gasteiger partial charge in [-0.15, -0.1) is 10.2 Å². The van der Waals surface area contributed by atoms with E-state index in [-0.39, 0.29) is 5.91 Å². The summed E-state index contributed by atoms with van der Waals surface area (Å²) >= 11 is 7.19.